The third-order valence-corrected chi connectivity index (χ3v) is 4.16. The Hall–Kier alpha value is -3.62. The van der Waals surface area contributed by atoms with Crippen LogP contribution in [0.4, 0.5) is 5.69 Å². The van der Waals surface area contributed by atoms with Gasteiger partial charge in [0.25, 0.3) is 5.91 Å². The molecule has 0 aliphatic heterocycles. The summed E-state index contributed by atoms with van der Waals surface area (Å²) in [5, 5.41) is 2.64. The maximum Gasteiger partial charge on any atom is 0.338 e. The lowest BCUT2D eigenvalue weighted by Crippen LogP contribution is -2.21. The molecule has 0 saturated carbocycles. The van der Waals surface area contributed by atoms with Crippen molar-refractivity contribution in [2.45, 2.75) is 20.8 Å². The molecule has 0 unspecified atom stereocenters. The molecule has 0 spiro atoms. The van der Waals surface area contributed by atoms with Crippen LogP contribution in [0.3, 0.4) is 0 Å². The lowest BCUT2D eigenvalue weighted by molar-refractivity contribution is -0.119. The third kappa shape index (κ3) is 6.44. The Labute approximate surface area is 187 Å². The number of hydrogen-bond acceptors (Lipinski definition) is 8. The highest BCUT2D eigenvalue weighted by Gasteiger charge is 2.20. The van der Waals surface area contributed by atoms with Crippen molar-refractivity contribution in [2.75, 3.05) is 46.0 Å². The summed E-state index contributed by atoms with van der Waals surface area (Å²) in [4.78, 5) is 24.9. The molecule has 2 aromatic carbocycles. The van der Waals surface area contributed by atoms with Crippen LogP contribution in [0.5, 0.6) is 28.7 Å². The van der Waals surface area contributed by atoms with E-state index < -0.39 is 18.5 Å². The molecule has 0 fully saturated rings. The number of carbonyl (C=O) groups excluding carboxylic acids is 2. The van der Waals surface area contributed by atoms with E-state index in [4.69, 9.17) is 28.4 Å². The van der Waals surface area contributed by atoms with Crippen LogP contribution in [0.2, 0.25) is 0 Å². The number of benzene rings is 2. The topological polar surface area (TPSA) is 102 Å². The third-order valence-electron chi connectivity index (χ3n) is 4.16. The van der Waals surface area contributed by atoms with Gasteiger partial charge in [-0.05, 0) is 45.0 Å². The summed E-state index contributed by atoms with van der Waals surface area (Å²) < 4.78 is 32.4. The minimum atomic E-state index is -0.702. The Kier molecular flexibility index (Phi) is 9.46. The molecular weight excluding hydrogens is 418 g/mol. The van der Waals surface area contributed by atoms with Gasteiger partial charge in [0.2, 0.25) is 5.75 Å². The van der Waals surface area contributed by atoms with Gasteiger partial charge < -0.3 is 33.7 Å². The average molecular weight is 447 g/mol. The number of carbonyl (C=O) groups is 2. The van der Waals surface area contributed by atoms with Crippen LogP contribution in [0.15, 0.2) is 30.3 Å². The molecule has 0 saturated heterocycles. The smallest absolute Gasteiger partial charge is 0.338 e. The number of anilines is 1. The van der Waals surface area contributed by atoms with E-state index in [0.29, 0.717) is 54.3 Å². The van der Waals surface area contributed by atoms with Crippen LogP contribution in [-0.2, 0) is 9.53 Å². The van der Waals surface area contributed by atoms with Crippen molar-refractivity contribution in [3.8, 4) is 28.7 Å². The van der Waals surface area contributed by atoms with E-state index in [1.165, 1.54) is 26.4 Å². The summed E-state index contributed by atoms with van der Waals surface area (Å²) in [6, 6.07) is 7.95. The molecule has 2 rings (SSSR count). The Morgan fingerprint density at radius 1 is 0.812 bits per heavy atom. The van der Waals surface area contributed by atoms with Crippen molar-refractivity contribution in [1.82, 2.24) is 0 Å². The van der Waals surface area contributed by atoms with Gasteiger partial charge in [-0.25, -0.2) is 4.79 Å². The maximum atomic E-state index is 12.6. The van der Waals surface area contributed by atoms with Gasteiger partial charge in [-0.3, -0.25) is 4.79 Å². The molecule has 9 heteroatoms. The molecule has 1 amide bonds. The van der Waals surface area contributed by atoms with Gasteiger partial charge in [-0.15, -0.1) is 0 Å². The van der Waals surface area contributed by atoms with Crippen molar-refractivity contribution < 1.29 is 38.0 Å². The monoisotopic (exact) mass is 447 g/mol. The zero-order valence-corrected chi connectivity index (χ0v) is 19.0. The highest BCUT2D eigenvalue weighted by Crippen LogP contribution is 2.39. The number of ether oxygens (including phenoxy) is 6. The zero-order chi connectivity index (χ0) is 23.5. The maximum absolute atomic E-state index is 12.6. The number of methoxy groups -OCH3 is 2. The molecule has 1 N–H and O–H groups in total. The highest BCUT2D eigenvalue weighted by atomic mass is 16.5. The van der Waals surface area contributed by atoms with Crippen molar-refractivity contribution in [3.63, 3.8) is 0 Å². The van der Waals surface area contributed by atoms with E-state index in [9.17, 15) is 9.59 Å². The summed E-state index contributed by atoms with van der Waals surface area (Å²) in [7, 11) is 3.00. The molecule has 2 aromatic rings. The van der Waals surface area contributed by atoms with E-state index in [1.54, 1.807) is 18.2 Å². The SMILES string of the molecule is CCOc1cc(C(=O)OCC(=O)Nc2ccc(OC)cc2OC)cc(OCC)c1OCC. The second-order valence-electron chi connectivity index (χ2n) is 6.29. The quantitative estimate of drug-likeness (QED) is 0.492. The van der Waals surface area contributed by atoms with E-state index in [2.05, 4.69) is 5.32 Å². The molecule has 0 radical (unpaired) electrons. The molecule has 0 aromatic heterocycles. The molecule has 32 heavy (non-hydrogen) atoms. The average Bonchev–Trinajstić information content (AvgIpc) is 2.79. The fraction of sp³-hybridized carbons (Fsp3) is 0.391. The minimum Gasteiger partial charge on any atom is -0.497 e. The lowest BCUT2D eigenvalue weighted by Gasteiger charge is -2.17. The molecule has 174 valence electrons. The summed E-state index contributed by atoms with van der Waals surface area (Å²) in [6.45, 7) is 6.13. The number of nitrogens with one attached hydrogen (secondary N) is 1. The first-order valence-corrected chi connectivity index (χ1v) is 10.2. The molecule has 9 nitrogen and oxygen atoms in total. The summed E-state index contributed by atoms with van der Waals surface area (Å²) in [5.41, 5.74) is 0.600. The first-order valence-electron chi connectivity index (χ1n) is 10.2. The van der Waals surface area contributed by atoms with Crippen LogP contribution in [0.1, 0.15) is 31.1 Å². The van der Waals surface area contributed by atoms with Gasteiger partial charge in [0.1, 0.15) is 11.5 Å². The summed E-state index contributed by atoms with van der Waals surface area (Å²) in [5.74, 6) is 0.904. The van der Waals surface area contributed by atoms with Gasteiger partial charge in [0, 0.05) is 6.07 Å². The van der Waals surface area contributed by atoms with E-state index in [-0.39, 0.29) is 5.56 Å². The van der Waals surface area contributed by atoms with Gasteiger partial charge in [0.15, 0.2) is 18.1 Å². The van der Waals surface area contributed by atoms with Crippen molar-refractivity contribution >= 4 is 17.6 Å². The zero-order valence-electron chi connectivity index (χ0n) is 19.0. The number of amides is 1. The first-order chi connectivity index (χ1) is 15.5. The normalized spacial score (nSPS) is 10.2. The summed E-state index contributed by atoms with van der Waals surface area (Å²) >= 11 is 0. The molecular formula is C23H29NO8. The second-order valence-corrected chi connectivity index (χ2v) is 6.29. The molecule has 0 atom stereocenters. The largest absolute Gasteiger partial charge is 0.497 e. The number of hydrogen-bond donors (Lipinski definition) is 1. The first kappa shape index (κ1) is 24.6. The summed E-state index contributed by atoms with van der Waals surface area (Å²) in [6.07, 6.45) is 0. The van der Waals surface area contributed by atoms with E-state index in [1.807, 2.05) is 20.8 Å². The van der Waals surface area contributed by atoms with Gasteiger partial charge >= 0.3 is 5.97 Å². The fourth-order valence-corrected chi connectivity index (χ4v) is 2.81. The van der Waals surface area contributed by atoms with Crippen LogP contribution < -0.4 is 29.0 Å². The van der Waals surface area contributed by atoms with Gasteiger partial charge in [-0.2, -0.15) is 0 Å². The van der Waals surface area contributed by atoms with Crippen LogP contribution >= 0.6 is 0 Å². The number of rotatable bonds is 12. The predicted molar refractivity (Wildman–Crippen MR) is 118 cm³/mol. The van der Waals surface area contributed by atoms with E-state index >= 15 is 0 Å². The molecule has 0 aliphatic carbocycles. The van der Waals surface area contributed by atoms with Gasteiger partial charge in [-0.1, -0.05) is 0 Å². The Bertz CT molecular complexity index is 901. The van der Waals surface area contributed by atoms with E-state index in [0.717, 1.165) is 0 Å². The van der Waals surface area contributed by atoms with Crippen molar-refractivity contribution in [1.29, 1.82) is 0 Å². The standard InChI is InChI=1S/C23H29NO8/c1-6-29-19-11-15(12-20(30-7-2)22(19)31-8-3)23(26)32-14-21(25)24-17-10-9-16(27-4)13-18(17)28-5/h9-13H,6-8,14H2,1-5H3,(H,24,25). The highest BCUT2D eigenvalue weighted by molar-refractivity contribution is 5.97. The molecule has 0 bridgehead atoms. The fourth-order valence-electron chi connectivity index (χ4n) is 2.81. The lowest BCUT2D eigenvalue weighted by atomic mass is 10.2. The van der Waals surface area contributed by atoms with Crippen LogP contribution in [0.25, 0.3) is 0 Å². The van der Waals surface area contributed by atoms with Crippen LogP contribution in [0, 0.1) is 0 Å². The Morgan fingerprint density at radius 3 is 1.97 bits per heavy atom. The Balaban J connectivity index is 2.12. The molecule has 0 heterocycles. The molecule has 0 aliphatic rings. The van der Waals surface area contributed by atoms with Gasteiger partial charge in [0.05, 0.1) is 45.3 Å². The van der Waals surface area contributed by atoms with Crippen LogP contribution in [-0.4, -0.2) is 52.5 Å². The Morgan fingerprint density at radius 2 is 1.44 bits per heavy atom. The second kappa shape index (κ2) is 12.3. The number of esters is 1. The predicted octanol–water partition coefficient (Wildman–Crippen LogP) is 3.70. The van der Waals surface area contributed by atoms with Crippen molar-refractivity contribution in [2.24, 2.45) is 0 Å². The van der Waals surface area contributed by atoms with Crippen molar-refractivity contribution in [3.05, 3.63) is 35.9 Å². The minimum absolute atomic E-state index is 0.176.